The number of halogens is 1. The average molecular weight is 183 g/mol. The summed E-state index contributed by atoms with van der Waals surface area (Å²) in [6.07, 6.45) is 7.48. The van der Waals surface area contributed by atoms with E-state index in [2.05, 4.69) is 32.6 Å². The van der Waals surface area contributed by atoms with E-state index in [1.165, 1.54) is 0 Å². The molecule has 0 atom stereocenters. The summed E-state index contributed by atoms with van der Waals surface area (Å²) in [6, 6.07) is 0. The molecule has 0 rings (SSSR count). The van der Waals surface area contributed by atoms with Crippen molar-refractivity contribution in [3.63, 3.8) is 0 Å². The van der Waals surface area contributed by atoms with Gasteiger partial charge in [0.05, 0.1) is 0 Å². The molecule has 0 fully saturated rings. The van der Waals surface area contributed by atoms with Crippen molar-refractivity contribution >= 4 is 11.6 Å². The molecule has 0 heterocycles. The Kier molecular flexibility index (Phi) is 5.58. The molecule has 0 saturated carbocycles. The minimum absolute atomic E-state index is 0.0839. The maximum absolute atomic E-state index is 5.43. The van der Waals surface area contributed by atoms with E-state index in [1.807, 2.05) is 24.3 Å². The molecule has 0 aromatic rings. The summed E-state index contributed by atoms with van der Waals surface area (Å²) in [7, 11) is 0. The van der Waals surface area contributed by atoms with Crippen LogP contribution < -0.4 is 0 Å². The SMILES string of the molecule is CC(C)(C)C#C/C=C/C=C/CCl. The van der Waals surface area contributed by atoms with E-state index in [0.717, 1.165) is 0 Å². The molecule has 0 aromatic carbocycles. The fourth-order valence-corrected chi connectivity index (χ4v) is 0.595. The highest BCUT2D eigenvalue weighted by Crippen LogP contribution is 2.09. The zero-order valence-corrected chi connectivity index (χ0v) is 8.65. The highest BCUT2D eigenvalue weighted by atomic mass is 35.5. The molecule has 0 saturated heterocycles. The first-order chi connectivity index (χ1) is 5.56. The molecule has 0 aromatic heterocycles. The van der Waals surface area contributed by atoms with Gasteiger partial charge in [0.25, 0.3) is 0 Å². The van der Waals surface area contributed by atoms with Crippen molar-refractivity contribution in [2.75, 3.05) is 5.88 Å². The minimum atomic E-state index is 0.0839. The number of allylic oxidation sites excluding steroid dienone is 4. The molecule has 0 aliphatic heterocycles. The highest BCUT2D eigenvalue weighted by molar-refractivity contribution is 6.18. The van der Waals surface area contributed by atoms with Crippen LogP contribution in [0.3, 0.4) is 0 Å². The lowest BCUT2D eigenvalue weighted by molar-refractivity contribution is 0.571. The Balaban J connectivity index is 3.86. The summed E-state index contributed by atoms with van der Waals surface area (Å²) >= 11 is 5.43. The fraction of sp³-hybridized carbons (Fsp3) is 0.455. The van der Waals surface area contributed by atoms with Crippen LogP contribution in [0.4, 0.5) is 0 Å². The van der Waals surface area contributed by atoms with Crippen LogP contribution in [-0.2, 0) is 0 Å². The largest absolute Gasteiger partial charge is 0.122 e. The van der Waals surface area contributed by atoms with Crippen LogP contribution >= 0.6 is 11.6 Å². The summed E-state index contributed by atoms with van der Waals surface area (Å²) < 4.78 is 0. The molecule has 0 aliphatic rings. The molecule has 0 bridgehead atoms. The summed E-state index contributed by atoms with van der Waals surface area (Å²) in [4.78, 5) is 0. The van der Waals surface area contributed by atoms with Gasteiger partial charge in [0.15, 0.2) is 0 Å². The second-order valence-electron chi connectivity index (χ2n) is 3.46. The molecule has 12 heavy (non-hydrogen) atoms. The topological polar surface area (TPSA) is 0 Å². The zero-order valence-electron chi connectivity index (χ0n) is 7.89. The lowest BCUT2D eigenvalue weighted by Crippen LogP contribution is -1.98. The summed E-state index contributed by atoms with van der Waals surface area (Å²) in [5, 5.41) is 0. The van der Waals surface area contributed by atoms with Crippen LogP contribution in [0.2, 0.25) is 0 Å². The maximum Gasteiger partial charge on any atom is 0.0407 e. The van der Waals surface area contributed by atoms with Gasteiger partial charge in [-0.05, 0) is 26.8 Å². The van der Waals surface area contributed by atoms with Gasteiger partial charge in [0, 0.05) is 11.3 Å². The van der Waals surface area contributed by atoms with E-state index >= 15 is 0 Å². The van der Waals surface area contributed by atoms with Crippen molar-refractivity contribution in [1.82, 2.24) is 0 Å². The van der Waals surface area contributed by atoms with Crippen molar-refractivity contribution in [3.8, 4) is 11.8 Å². The second-order valence-corrected chi connectivity index (χ2v) is 3.77. The number of rotatable bonds is 2. The van der Waals surface area contributed by atoms with Gasteiger partial charge in [-0.25, -0.2) is 0 Å². The second kappa shape index (κ2) is 5.91. The maximum atomic E-state index is 5.43. The van der Waals surface area contributed by atoms with Crippen molar-refractivity contribution in [3.05, 3.63) is 24.3 Å². The molecule has 0 unspecified atom stereocenters. The predicted octanol–water partition coefficient (Wildman–Crippen LogP) is 3.39. The van der Waals surface area contributed by atoms with Crippen LogP contribution in [0.25, 0.3) is 0 Å². The van der Waals surface area contributed by atoms with E-state index in [4.69, 9.17) is 11.6 Å². The lowest BCUT2D eigenvalue weighted by atomic mass is 9.98. The van der Waals surface area contributed by atoms with E-state index in [1.54, 1.807) is 0 Å². The van der Waals surface area contributed by atoms with Gasteiger partial charge < -0.3 is 0 Å². The number of hydrogen-bond donors (Lipinski definition) is 0. The molecule has 0 amide bonds. The van der Waals surface area contributed by atoms with E-state index < -0.39 is 0 Å². The Labute approximate surface area is 80.3 Å². The highest BCUT2D eigenvalue weighted by Gasteiger charge is 2.01. The first-order valence-electron chi connectivity index (χ1n) is 3.96. The van der Waals surface area contributed by atoms with Crippen molar-refractivity contribution in [2.24, 2.45) is 5.41 Å². The van der Waals surface area contributed by atoms with Crippen molar-refractivity contribution in [2.45, 2.75) is 20.8 Å². The monoisotopic (exact) mass is 182 g/mol. The van der Waals surface area contributed by atoms with Gasteiger partial charge in [-0.2, -0.15) is 0 Å². The Morgan fingerprint density at radius 2 is 1.92 bits per heavy atom. The van der Waals surface area contributed by atoms with Crippen molar-refractivity contribution in [1.29, 1.82) is 0 Å². The molecule has 0 aliphatic carbocycles. The molecular weight excluding hydrogens is 168 g/mol. The van der Waals surface area contributed by atoms with Crippen LogP contribution in [0, 0.1) is 17.3 Å². The Morgan fingerprint density at radius 1 is 1.25 bits per heavy atom. The van der Waals surface area contributed by atoms with E-state index in [-0.39, 0.29) is 5.41 Å². The smallest absolute Gasteiger partial charge is 0.0407 e. The Hall–Kier alpha value is -0.670. The van der Waals surface area contributed by atoms with Gasteiger partial charge in [-0.3, -0.25) is 0 Å². The van der Waals surface area contributed by atoms with Gasteiger partial charge >= 0.3 is 0 Å². The van der Waals surface area contributed by atoms with E-state index in [9.17, 15) is 0 Å². The third-order valence-electron chi connectivity index (χ3n) is 0.963. The van der Waals surface area contributed by atoms with Gasteiger partial charge in [0.2, 0.25) is 0 Å². The van der Waals surface area contributed by atoms with Crippen molar-refractivity contribution < 1.29 is 0 Å². The third kappa shape index (κ3) is 9.33. The Morgan fingerprint density at radius 3 is 2.42 bits per heavy atom. The number of hydrogen-bond acceptors (Lipinski definition) is 0. The minimum Gasteiger partial charge on any atom is -0.122 e. The van der Waals surface area contributed by atoms with Crippen LogP contribution in [-0.4, -0.2) is 5.88 Å². The van der Waals surface area contributed by atoms with E-state index in [0.29, 0.717) is 5.88 Å². The third-order valence-corrected chi connectivity index (χ3v) is 1.14. The fourth-order valence-electron chi connectivity index (χ4n) is 0.492. The molecule has 0 spiro atoms. The summed E-state index contributed by atoms with van der Waals surface area (Å²) in [6.45, 7) is 6.26. The summed E-state index contributed by atoms with van der Waals surface area (Å²) in [5.41, 5.74) is 0.0839. The molecule has 0 radical (unpaired) electrons. The van der Waals surface area contributed by atoms with Gasteiger partial charge in [-0.15, -0.1) is 11.6 Å². The van der Waals surface area contributed by atoms with Crippen LogP contribution in [0.5, 0.6) is 0 Å². The zero-order chi connectivity index (χ0) is 9.45. The van der Waals surface area contributed by atoms with Crippen LogP contribution in [0.15, 0.2) is 24.3 Å². The predicted molar refractivity (Wildman–Crippen MR) is 56.2 cm³/mol. The van der Waals surface area contributed by atoms with Crippen LogP contribution in [0.1, 0.15) is 20.8 Å². The Bertz CT molecular complexity index is 218. The lowest BCUT2D eigenvalue weighted by Gasteiger charge is -2.05. The summed E-state index contributed by atoms with van der Waals surface area (Å²) in [5.74, 6) is 6.61. The molecular formula is C11H15Cl. The van der Waals surface area contributed by atoms with Gasteiger partial charge in [-0.1, -0.05) is 30.1 Å². The normalized spacial score (nSPS) is 12.0. The first-order valence-corrected chi connectivity index (χ1v) is 4.50. The average Bonchev–Trinajstić information content (AvgIpc) is 1.94. The number of alkyl halides is 1. The molecule has 0 N–H and O–H groups in total. The molecule has 0 nitrogen and oxygen atoms in total. The van der Waals surface area contributed by atoms with Gasteiger partial charge in [0.1, 0.15) is 0 Å². The first kappa shape index (κ1) is 11.3. The standard InChI is InChI=1S/C11H15Cl/c1-11(2,3)9-7-5-4-6-8-10-12/h4-6,8H,10H2,1-3H3/b5-4+,8-6+. The molecule has 1 heteroatoms. The molecule has 66 valence electrons. The quantitative estimate of drug-likeness (QED) is 0.349.